The van der Waals surface area contributed by atoms with Gasteiger partial charge in [-0.05, 0) is 37.1 Å². The third kappa shape index (κ3) is 2.81. The van der Waals surface area contributed by atoms with Gasteiger partial charge in [0.1, 0.15) is 0 Å². The summed E-state index contributed by atoms with van der Waals surface area (Å²) < 4.78 is 10.6. The molecule has 102 valence electrons. The first kappa shape index (κ1) is 12.3. The molecule has 5 nitrogen and oxygen atoms in total. The van der Waals surface area contributed by atoms with Gasteiger partial charge in [-0.1, -0.05) is 6.07 Å². The van der Waals surface area contributed by atoms with E-state index in [9.17, 15) is 4.79 Å². The van der Waals surface area contributed by atoms with Crippen molar-refractivity contribution in [3.8, 4) is 11.5 Å². The summed E-state index contributed by atoms with van der Waals surface area (Å²) in [5, 5.41) is 3.13. The Labute approximate surface area is 112 Å². The van der Waals surface area contributed by atoms with Crippen LogP contribution in [0.5, 0.6) is 11.5 Å². The highest BCUT2D eigenvalue weighted by atomic mass is 16.7. The van der Waals surface area contributed by atoms with E-state index in [0.717, 1.165) is 44.0 Å². The lowest BCUT2D eigenvalue weighted by Gasteiger charge is -2.20. The van der Waals surface area contributed by atoms with Crippen LogP contribution in [0, 0.1) is 0 Å². The highest BCUT2D eigenvalue weighted by molar-refractivity contribution is 5.78. The summed E-state index contributed by atoms with van der Waals surface area (Å²) in [7, 11) is 0. The maximum absolute atomic E-state index is 11.8. The van der Waals surface area contributed by atoms with Gasteiger partial charge >= 0.3 is 0 Å². The maximum Gasteiger partial charge on any atom is 0.236 e. The number of nitrogens with one attached hydrogen (secondary N) is 1. The number of amides is 1. The van der Waals surface area contributed by atoms with Crippen LogP contribution in [-0.2, 0) is 11.2 Å². The van der Waals surface area contributed by atoms with Crippen LogP contribution < -0.4 is 14.8 Å². The lowest BCUT2D eigenvalue weighted by molar-refractivity contribution is -0.129. The molecule has 1 aromatic carbocycles. The average molecular weight is 262 g/mol. The van der Waals surface area contributed by atoms with Gasteiger partial charge in [-0.3, -0.25) is 4.79 Å². The van der Waals surface area contributed by atoms with Crippen molar-refractivity contribution in [2.24, 2.45) is 0 Å². The number of carbonyl (C=O) groups excluding carboxylic acids is 1. The Bertz CT molecular complexity index is 476. The molecule has 3 rings (SSSR count). The molecule has 2 heterocycles. The van der Waals surface area contributed by atoms with Crippen molar-refractivity contribution in [1.82, 2.24) is 10.2 Å². The Hall–Kier alpha value is -1.75. The van der Waals surface area contributed by atoms with Gasteiger partial charge in [0.2, 0.25) is 12.7 Å². The molecule has 0 bridgehead atoms. The average Bonchev–Trinajstić information content (AvgIpc) is 2.79. The molecular weight excluding hydrogens is 244 g/mol. The van der Waals surface area contributed by atoms with Crippen LogP contribution in [0.3, 0.4) is 0 Å². The molecule has 0 unspecified atom stereocenters. The quantitative estimate of drug-likeness (QED) is 0.874. The Balaban J connectivity index is 1.60. The summed E-state index contributed by atoms with van der Waals surface area (Å²) in [5.41, 5.74) is 1.18. The van der Waals surface area contributed by atoms with Crippen LogP contribution in [0.2, 0.25) is 0 Å². The summed E-state index contributed by atoms with van der Waals surface area (Å²) in [6.45, 7) is 3.29. The highest BCUT2D eigenvalue weighted by Gasteiger charge is 2.17. The predicted octanol–water partition coefficient (Wildman–Crippen LogP) is 0.780. The van der Waals surface area contributed by atoms with Gasteiger partial charge in [-0.2, -0.15) is 0 Å². The highest BCUT2D eigenvalue weighted by Crippen LogP contribution is 2.32. The van der Waals surface area contributed by atoms with Gasteiger partial charge in [0.05, 0.1) is 6.54 Å². The van der Waals surface area contributed by atoms with Crippen LogP contribution in [0.4, 0.5) is 0 Å². The molecule has 0 atom stereocenters. The van der Waals surface area contributed by atoms with E-state index in [1.165, 1.54) is 5.56 Å². The number of ether oxygens (including phenoxy) is 2. The second-order valence-electron chi connectivity index (χ2n) is 4.85. The summed E-state index contributed by atoms with van der Waals surface area (Å²) in [6.07, 6.45) is 1.87. The van der Waals surface area contributed by atoms with Crippen LogP contribution in [0.25, 0.3) is 0 Å². The van der Waals surface area contributed by atoms with Crippen molar-refractivity contribution in [2.75, 3.05) is 33.0 Å². The van der Waals surface area contributed by atoms with Crippen LogP contribution in [0.1, 0.15) is 12.0 Å². The van der Waals surface area contributed by atoms with Gasteiger partial charge in [0.15, 0.2) is 11.5 Å². The normalized spacial score (nSPS) is 18.5. The standard InChI is InChI=1S/C14H18N2O3/c17-14-9-15-5-1-6-16(14)7-4-11-2-3-12-13(8-11)19-10-18-12/h2-3,8,15H,1,4-7,9-10H2. The SMILES string of the molecule is O=C1CNCCCN1CCc1ccc2c(c1)OCO2. The number of hydrogen-bond donors (Lipinski definition) is 1. The van der Waals surface area contributed by atoms with E-state index < -0.39 is 0 Å². The zero-order chi connectivity index (χ0) is 13.1. The third-order valence-electron chi connectivity index (χ3n) is 3.52. The minimum atomic E-state index is 0.193. The van der Waals surface area contributed by atoms with E-state index in [-0.39, 0.29) is 5.91 Å². The van der Waals surface area contributed by atoms with Crippen molar-refractivity contribution >= 4 is 5.91 Å². The Kier molecular flexibility index (Phi) is 3.55. The lowest BCUT2D eigenvalue weighted by Crippen LogP contribution is -2.36. The monoisotopic (exact) mass is 262 g/mol. The van der Waals surface area contributed by atoms with Crippen LogP contribution in [0.15, 0.2) is 18.2 Å². The van der Waals surface area contributed by atoms with E-state index in [0.29, 0.717) is 13.3 Å². The Morgan fingerprint density at radius 2 is 2.16 bits per heavy atom. The summed E-state index contributed by atoms with van der Waals surface area (Å²) in [4.78, 5) is 13.8. The fourth-order valence-corrected chi connectivity index (χ4v) is 2.42. The number of hydrogen-bond acceptors (Lipinski definition) is 4. The first-order valence-electron chi connectivity index (χ1n) is 6.70. The lowest BCUT2D eigenvalue weighted by atomic mass is 10.1. The van der Waals surface area contributed by atoms with E-state index in [4.69, 9.17) is 9.47 Å². The second-order valence-corrected chi connectivity index (χ2v) is 4.85. The number of rotatable bonds is 3. The minimum Gasteiger partial charge on any atom is -0.454 e. The molecule has 0 aliphatic carbocycles. The fraction of sp³-hybridized carbons (Fsp3) is 0.500. The molecular formula is C14H18N2O3. The van der Waals surface area contributed by atoms with Crippen LogP contribution in [-0.4, -0.2) is 43.8 Å². The van der Waals surface area contributed by atoms with Gasteiger partial charge in [0.25, 0.3) is 0 Å². The third-order valence-corrected chi connectivity index (χ3v) is 3.52. The van der Waals surface area contributed by atoms with E-state index in [2.05, 4.69) is 5.32 Å². The molecule has 0 spiro atoms. The molecule has 19 heavy (non-hydrogen) atoms. The van der Waals surface area contributed by atoms with Gasteiger partial charge in [-0.25, -0.2) is 0 Å². The first-order valence-corrected chi connectivity index (χ1v) is 6.70. The molecule has 1 amide bonds. The van der Waals surface area contributed by atoms with Gasteiger partial charge in [0, 0.05) is 13.1 Å². The first-order chi connectivity index (χ1) is 9.33. The summed E-state index contributed by atoms with van der Waals surface area (Å²) >= 11 is 0. The van der Waals surface area contributed by atoms with Crippen molar-refractivity contribution in [3.05, 3.63) is 23.8 Å². The van der Waals surface area contributed by atoms with E-state index in [1.807, 2.05) is 23.1 Å². The largest absolute Gasteiger partial charge is 0.454 e. The molecule has 0 aromatic heterocycles. The van der Waals surface area contributed by atoms with E-state index >= 15 is 0 Å². The predicted molar refractivity (Wildman–Crippen MR) is 70.3 cm³/mol. The zero-order valence-electron chi connectivity index (χ0n) is 10.9. The molecule has 2 aliphatic rings. The molecule has 1 N–H and O–H groups in total. The Morgan fingerprint density at radius 3 is 3.11 bits per heavy atom. The van der Waals surface area contributed by atoms with Crippen molar-refractivity contribution in [1.29, 1.82) is 0 Å². The van der Waals surface area contributed by atoms with Crippen molar-refractivity contribution in [3.63, 3.8) is 0 Å². The number of benzene rings is 1. The van der Waals surface area contributed by atoms with Crippen molar-refractivity contribution < 1.29 is 14.3 Å². The van der Waals surface area contributed by atoms with E-state index in [1.54, 1.807) is 0 Å². The molecule has 2 aliphatic heterocycles. The minimum absolute atomic E-state index is 0.193. The van der Waals surface area contributed by atoms with Crippen LogP contribution >= 0.6 is 0 Å². The van der Waals surface area contributed by atoms with Gasteiger partial charge in [-0.15, -0.1) is 0 Å². The van der Waals surface area contributed by atoms with Crippen molar-refractivity contribution in [2.45, 2.75) is 12.8 Å². The Morgan fingerprint density at radius 1 is 1.26 bits per heavy atom. The molecule has 1 aromatic rings. The zero-order valence-corrected chi connectivity index (χ0v) is 10.9. The summed E-state index contributed by atoms with van der Waals surface area (Å²) in [5.74, 6) is 1.80. The number of carbonyl (C=O) groups is 1. The fourth-order valence-electron chi connectivity index (χ4n) is 2.42. The smallest absolute Gasteiger partial charge is 0.236 e. The number of fused-ring (bicyclic) bond motifs is 1. The molecule has 0 saturated carbocycles. The molecule has 0 radical (unpaired) electrons. The van der Waals surface area contributed by atoms with Gasteiger partial charge < -0.3 is 19.7 Å². The number of nitrogens with zero attached hydrogens (tertiary/aromatic N) is 1. The summed E-state index contributed by atoms with van der Waals surface area (Å²) in [6, 6.07) is 5.97. The molecule has 1 saturated heterocycles. The second kappa shape index (κ2) is 5.48. The molecule has 1 fully saturated rings. The topological polar surface area (TPSA) is 50.8 Å². The maximum atomic E-state index is 11.8. The molecule has 5 heteroatoms.